The van der Waals surface area contributed by atoms with Crippen LogP contribution in [0.5, 0.6) is 0 Å². The molecular formula is C18H16FN5O. The molecule has 0 unspecified atom stereocenters. The highest BCUT2D eigenvalue weighted by Gasteiger charge is 2.21. The summed E-state index contributed by atoms with van der Waals surface area (Å²) in [5, 5.41) is 7.61. The van der Waals surface area contributed by atoms with Gasteiger partial charge in [-0.2, -0.15) is 0 Å². The molecule has 6 nitrogen and oxygen atoms in total. The predicted octanol–water partition coefficient (Wildman–Crippen LogP) is 2.38. The van der Waals surface area contributed by atoms with Crippen LogP contribution in [0, 0.1) is 11.2 Å². The summed E-state index contributed by atoms with van der Waals surface area (Å²) in [4.78, 5) is 19.8. The molecular weight excluding hydrogens is 321 g/mol. The maximum absolute atomic E-state index is 13.8. The fraction of sp³-hybridized carbons (Fsp3) is 0.167. The Morgan fingerprint density at radius 3 is 2.80 bits per heavy atom. The topological polar surface area (TPSA) is 122 Å². The minimum absolute atomic E-state index is 0.0212. The van der Waals surface area contributed by atoms with Crippen LogP contribution in [0.25, 0.3) is 22.2 Å². The Balaban J connectivity index is 2.15. The average Bonchev–Trinajstić information content (AvgIpc) is 3.04. The number of rotatable bonds is 2. The second kappa shape index (κ2) is 5.41. The molecule has 1 aliphatic rings. The predicted molar refractivity (Wildman–Crippen MR) is 96.5 cm³/mol. The van der Waals surface area contributed by atoms with Gasteiger partial charge in [0.15, 0.2) is 0 Å². The lowest BCUT2D eigenvalue weighted by Crippen LogP contribution is -2.15. The molecule has 0 saturated carbocycles. The Hall–Kier alpha value is -3.22. The van der Waals surface area contributed by atoms with Crippen LogP contribution in [0.3, 0.4) is 0 Å². The normalized spacial score (nSPS) is 13.2. The Morgan fingerprint density at radius 1 is 1.24 bits per heavy atom. The number of halogens is 1. The minimum atomic E-state index is -0.621. The third-order valence-electron chi connectivity index (χ3n) is 4.70. The highest BCUT2D eigenvalue weighted by atomic mass is 19.1. The number of nitrogens with zero attached hydrogens (tertiary/aromatic N) is 1. The molecule has 1 aliphatic carbocycles. The summed E-state index contributed by atoms with van der Waals surface area (Å²) in [7, 11) is 0. The summed E-state index contributed by atoms with van der Waals surface area (Å²) in [5.74, 6) is -0.621. The smallest absolute Gasteiger partial charge is 0.272 e. The highest BCUT2D eigenvalue weighted by molar-refractivity contribution is 6.05. The van der Waals surface area contributed by atoms with Crippen molar-refractivity contribution < 1.29 is 4.39 Å². The number of fused-ring (bicyclic) bond motifs is 2. The van der Waals surface area contributed by atoms with Crippen LogP contribution >= 0.6 is 0 Å². The van der Waals surface area contributed by atoms with Crippen molar-refractivity contribution >= 4 is 28.6 Å². The Kier molecular flexibility index (Phi) is 3.31. The summed E-state index contributed by atoms with van der Waals surface area (Å²) in [6, 6.07) is 4.61. The third-order valence-corrected chi connectivity index (χ3v) is 4.70. The maximum atomic E-state index is 13.8. The molecule has 0 saturated heterocycles. The van der Waals surface area contributed by atoms with Gasteiger partial charge in [-0.1, -0.05) is 6.07 Å². The first-order valence-corrected chi connectivity index (χ1v) is 7.94. The van der Waals surface area contributed by atoms with Crippen molar-refractivity contribution in [2.24, 2.45) is 0 Å². The SMILES string of the molecule is N=Cc1c(-c2c(N)c(=O)[nH]c3cc4c(nc23)CCC4)ccc(F)c1N. The van der Waals surface area contributed by atoms with Gasteiger partial charge in [-0.25, -0.2) is 4.39 Å². The van der Waals surface area contributed by atoms with Crippen molar-refractivity contribution in [1.29, 1.82) is 5.41 Å². The van der Waals surface area contributed by atoms with Crippen LogP contribution < -0.4 is 17.0 Å². The molecule has 126 valence electrons. The van der Waals surface area contributed by atoms with Crippen molar-refractivity contribution in [3.05, 3.63) is 51.2 Å². The Labute approximate surface area is 142 Å². The molecule has 0 fully saturated rings. The lowest BCUT2D eigenvalue weighted by molar-refractivity contribution is 0.632. The number of H-pyrrole nitrogens is 1. The molecule has 7 heteroatoms. The molecule has 0 amide bonds. The second-order valence-corrected chi connectivity index (χ2v) is 6.15. The molecule has 2 aromatic heterocycles. The van der Waals surface area contributed by atoms with Gasteiger partial charge in [-0.05, 0) is 42.5 Å². The van der Waals surface area contributed by atoms with Gasteiger partial charge >= 0.3 is 0 Å². The molecule has 2 heterocycles. The summed E-state index contributed by atoms with van der Waals surface area (Å²) >= 11 is 0. The quantitative estimate of drug-likeness (QED) is 0.423. The van der Waals surface area contributed by atoms with Crippen LogP contribution in [-0.4, -0.2) is 16.2 Å². The molecule has 0 aliphatic heterocycles. The zero-order valence-electron chi connectivity index (χ0n) is 13.3. The summed E-state index contributed by atoms with van der Waals surface area (Å²) in [6.07, 6.45) is 3.78. The van der Waals surface area contributed by atoms with E-state index in [1.807, 2.05) is 6.07 Å². The van der Waals surface area contributed by atoms with Gasteiger partial charge in [-0.15, -0.1) is 0 Å². The van der Waals surface area contributed by atoms with Crippen LogP contribution in [0.1, 0.15) is 23.2 Å². The molecule has 25 heavy (non-hydrogen) atoms. The van der Waals surface area contributed by atoms with Gasteiger partial charge in [0.25, 0.3) is 5.56 Å². The minimum Gasteiger partial charge on any atom is -0.396 e. The number of benzene rings is 1. The van der Waals surface area contributed by atoms with E-state index in [1.165, 1.54) is 12.1 Å². The van der Waals surface area contributed by atoms with Crippen LogP contribution in [0.15, 0.2) is 23.0 Å². The van der Waals surface area contributed by atoms with E-state index < -0.39 is 11.4 Å². The summed E-state index contributed by atoms with van der Waals surface area (Å²) in [5.41, 5.74) is 15.4. The number of anilines is 2. The largest absolute Gasteiger partial charge is 0.396 e. The first-order chi connectivity index (χ1) is 12.0. The molecule has 4 rings (SSSR count). The van der Waals surface area contributed by atoms with E-state index in [-0.39, 0.29) is 16.9 Å². The zero-order chi connectivity index (χ0) is 17.7. The second-order valence-electron chi connectivity index (χ2n) is 6.15. The molecule has 0 atom stereocenters. The van der Waals surface area contributed by atoms with E-state index in [2.05, 4.69) is 4.98 Å². The van der Waals surface area contributed by atoms with Gasteiger partial charge in [0.1, 0.15) is 11.5 Å². The number of hydrogen-bond acceptors (Lipinski definition) is 5. The Morgan fingerprint density at radius 2 is 2.04 bits per heavy atom. The lowest BCUT2D eigenvalue weighted by Gasteiger charge is -2.14. The molecule has 0 radical (unpaired) electrons. The molecule has 6 N–H and O–H groups in total. The van der Waals surface area contributed by atoms with Gasteiger partial charge in [0.05, 0.1) is 16.7 Å². The average molecular weight is 337 g/mol. The van der Waals surface area contributed by atoms with Gasteiger partial charge in [0, 0.05) is 23.0 Å². The van der Waals surface area contributed by atoms with Gasteiger partial charge in [-0.3, -0.25) is 9.78 Å². The van der Waals surface area contributed by atoms with Crippen LogP contribution in [0.4, 0.5) is 15.8 Å². The highest BCUT2D eigenvalue weighted by Crippen LogP contribution is 2.36. The number of aromatic amines is 1. The number of nitrogens with one attached hydrogen (secondary N) is 2. The number of pyridine rings is 2. The van der Waals surface area contributed by atoms with Crippen LogP contribution in [0.2, 0.25) is 0 Å². The van der Waals surface area contributed by atoms with Gasteiger partial charge < -0.3 is 21.9 Å². The summed E-state index contributed by atoms with van der Waals surface area (Å²) < 4.78 is 13.8. The zero-order valence-corrected chi connectivity index (χ0v) is 13.3. The van der Waals surface area contributed by atoms with E-state index in [1.54, 1.807) is 0 Å². The van der Waals surface area contributed by atoms with E-state index in [0.29, 0.717) is 22.2 Å². The van der Waals surface area contributed by atoms with Crippen molar-refractivity contribution in [2.75, 3.05) is 11.5 Å². The number of nitrogens with two attached hydrogens (primary N) is 2. The Bertz CT molecular complexity index is 1100. The first-order valence-electron chi connectivity index (χ1n) is 7.94. The molecule has 1 aromatic carbocycles. The lowest BCUT2D eigenvalue weighted by atomic mass is 9.96. The number of nitrogen functional groups attached to an aromatic ring is 2. The van der Waals surface area contributed by atoms with Crippen molar-refractivity contribution in [2.45, 2.75) is 19.3 Å². The number of hydrogen-bond donors (Lipinski definition) is 4. The van der Waals surface area contributed by atoms with Gasteiger partial charge in [0.2, 0.25) is 0 Å². The molecule has 0 spiro atoms. The molecule has 3 aromatic rings. The fourth-order valence-electron chi connectivity index (χ4n) is 3.44. The van der Waals surface area contributed by atoms with E-state index in [9.17, 15) is 9.18 Å². The third kappa shape index (κ3) is 2.20. The maximum Gasteiger partial charge on any atom is 0.272 e. The first kappa shape index (κ1) is 15.3. The van der Waals surface area contributed by atoms with E-state index in [4.69, 9.17) is 21.9 Å². The van der Waals surface area contributed by atoms with Crippen molar-refractivity contribution in [3.8, 4) is 11.1 Å². The van der Waals surface area contributed by atoms with Crippen molar-refractivity contribution in [3.63, 3.8) is 0 Å². The standard InChI is InChI=1S/C18H16FN5O/c19-11-5-4-9(10(7-20)15(11)21)14-16(22)18(25)24-13-6-8-2-1-3-12(8)23-17(13)14/h4-7,20H,1-3,21-22H2,(H,24,25). The van der Waals surface area contributed by atoms with Crippen molar-refractivity contribution in [1.82, 2.24) is 9.97 Å². The summed E-state index contributed by atoms with van der Waals surface area (Å²) in [6.45, 7) is 0. The molecule has 0 bridgehead atoms. The van der Waals surface area contributed by atoms with E-state index >= 15 is 0 Å². The number of aryl methyl sites for hydroxylation is 2. The number of aromatic nitrogens is 2. The van der Waals surface area contributed by atoms with E-state index in [0.717, 1.165) is 36.7 Å². The van der Waals surface area contributed by atoms with Crippen LogP contribution in [-0.2, 0) is 12.8 Å². The fourth-order valence-corrected chi connectivity index (χ4v) is 3.44. The monoisotopic (exact) mass is 337 g/mol.